The third-order valence-electron chi connectivity index (χ3n) is 7.29. The number of carbonyl (C=O) groups excluding carboxylic acids is 1. The Morgan fingerprint density at radius 2 is 1.91 bits per heavy atom. The van der Waals surface area contributed by atoms with Crippen LogP contribution in [0, 0.1) is 0 Å². The summed E-state index contributed by atoms with van der Waals surface area (Å²) in [7, 11) is 0. The first kappa shape index (κ1) is 21.7. The van der Waals surface area contributed by atoms with Gasteiger partial charge in [0, 0.05) is 36.3 Å². The molecule has 3 heterocycles. The Hall–Kier alpha value is -2.12. The van der Waals surface area contributed by atoms with Gasteiger partial charge in [-0.15, -0.1) is 0 Å². The van der Waals surface area contributed by atoms with Crippen LogP contribution in [0.15, 0.2) is 39.7 Å². The van der Waals surface area contributed by atoms with E-state index >= 15 is 0 Å². The molecule has 6 nitrogen and oxygen atoms in total. The molecule has 1 saturated heterocycles. The zero-order chi connectivity index (χ0) is 22.4. The third kappa shape index (κ3) is 3.59. The zero-order valence-corrected chi connectivity index (χ0v) is 20.4. The molecule has 0 bridgehead atoms. The first-order valence-electron chi connectivity index (χ1n) is 11.8. The first-order valence-corrected chi connectivity index (χ1v) is 12.6. The van der Waals surface area contributed by atoms with Gasteiger partial charge in [-0.05, 0) is 68.1 Å². The van der Waals surface area contributed by atoms with Crippen LogP contribution in [-0.2, 0) is 0 Å². The van der Waals surface area contributed by atoms with Gasteiger partial charge in [-0.2, -0.15) is 0 Å². The minimum atomic E-state index is -0.120. The molecule has 1 N–H and O–H groups in total. The van der Waals surface area contributed by atoms with E-state index in [0.717, 1.165) is 54.0 Å². The molecule has 1 amide bonds. The van der Waals surface area contributed by atoms with Gasteiger partial charge in [-0.25, -0.2) is 0 Å². The second kappa shape index (κ2) is 8.67. The fourth-order valence-corrected chi connectivity index (χ4v) is 6.36. The molecular weight excluding hydrogens is 468 g/mol. The second-order valence-electron chi connectivity index (χ2n) is 9.52. The number of likely N-dealkylation sites (tertiary alicyclic amines) is 1. The topological polar surface area (TPSA) is 58.8 Å². The third-order valence-corrected chi connectivity index (χ3v) is 8.09. The molecule has 2 fully saturated rings. The molecule has 1 saturated carbocycles. The summed E-state index contributed by atoms with van der Waals surface area (Å²) in [4.78, 5) is 29.6. The van der Waals surface area contributed by atoms with Crippen LogP contribution in [0.3, 0.4) is 0 Å². The zero-order valence-electron chi connectivity index (χ0n) is 18.8. The van der Waals surface area contributed by atoms with E-state index in [1.165, 1.54) is 6.42 Å². The molecule has 3 aromatic rings. The number of nitrogens with one attached hydrogen (secondary N) is 1. The Bertz CT molecular complexity index is 1220. The van der Waals surface area contributed by atoms with Crippen molar-refractivity contribution in [3.8, 4) is 0 Å². The highest BCUT2D eigenvalue weighted by atomic mass is 79.9. The van der Waals surface area contributed by atoms with E-state index in [-0.39, 0.29) is 17.5 Å². The van der Waals surface area contributed by atoms with Crippen molar-refractivity contribution in [3.63, 3.8) is 0 Å². The van der Waals surface area contributed by atoms with Crippen LogP contribution in [0.5, 0.6) is 0 Å². The largest absolute Gasteiger partial charge is 0.349 e. The van der Waals surface area contributed by atoms with E-state index in [1.807, 2.05) is 33.2 Å². The van der Waals surface area contributed by atoms with Gasteiger partial charge in [-0.1, -0.05) is 31.0 Å². The first-order chi connectivity index (χ1) is 15.5. The Morgan fingerprint density at radius 1 is 1.16 bits per heavy atom. The summed E-state index contributed by atoms with van der Waals surface area (Å²) >= 11 is 3.67. The van der Waals surface area contributed by atoms with Crippen molar-refractivity contribution < 1.29 is 4.79 Å². The average molecular weight is 499 g/mol. The lowest BCUT2D eigenvalue weighted by Gasteiger charge is -2.28. The molecule has 1 aliphatic carbocycles. The average Bonchev–Trinajstić information content (AvgIpc) is 3.53. The molecule has 5 rings (SSSR count). The predicted molar refractivity (Wildman–Crippen MR) is 132 cm³/mol. The summed E-state index contributed by atoms with van der Waals surface area (Å²) in [6, 6.07) is 8.87. The lowest BCUT2D eigenvalue weighted by Crippen LogP contribution is -2.43. The van der Waals surface area contributed by atoms with Crippen LogP contribution in [0.4, 0.5) is 0 Å². The number of amides is 1. The van der Waals surface area contributed by atoms with Gasteiger partial charge in [0.25, 0.3) is 11.5 Å². The highest BCUT2D eigenvalue weighted by Crippen LogP contribution is 2.33. The molecule has 2 aliphatic rings. The molecule has 7 heteroatoms. The summed E-state index contributed by atoms with van der Waals surface area (Å²) < 4.78 is 4.43. The van der Waals surface area contributed by atoms with Crippen LogP contribution in [0.25, 0.3) is 16.4 Å². The molecular formula is C25H31BrN4O2. The molecule has 1 unspecified atom stereocenters. The van der Waals surface area contributed by atoms with Gasteiger partial charge in [0.15, 0.2) is 0 Å². The van der Waals surface area contributed by atoms with Gasteiger partial charge in [0.2, 0.25) is 0 Å². The number of benzene rings is 1. The van der Waals surface area contributed by atoms with E-state index < -0.39 is 0 Å². The van der Waals surface area contributed by atoms with Crippen LogP contribution in [0.2, 0.25) is 0 Å². The maximum atomic E-state index is 13.5. The highest BCUT2D eigenvalue weighted by molar-refractivity contribution is 9.10. The molecule has 0 spiro atoms. The van der Waals surface area contributed by atoms with Crippen LogP contribution in [0.1, 0.15) is 68.9 Å². The number of hydrogen-bond acceptors (Lipinski definition) is 3. The van der Waals surface area contributed by atoms with Crippen molar-refractivity contribution >= 4 is 38.3 Å². The standard InChI is InChI=1S/C25H31BrN4O2/c1-16(2)28-13-7-10-18(28)14-27-24(31)21-15-29(17-8-3-4-9-17)25(32)23-22(26)19-11-5-6-12-20(19)30(21)23/h5-6,11-12,15-18H,3-4,7-10,13-14H2,1-2H3,(H,27,31). The SMILES string of the molecule is CC(C)N1CCCC1CNC(=O)c1cn(C2CCCC2)c(=O)c2c(Br)c3ccccc3n12. The second-order valence-corrected chi connectivity index (χ2v) is 10.3. The van der Waals surface area contributed by atoms with E-state index in [0.29, 0.717) is 29.8 Å². The quantitative estimate of drug-likeness (QED) is 0.552. The number of hydrogen-bond donors (Lipinski definition) is 1. The summed E-state index contributed by atoms with van der Waals surface area (Å²) in [5.74, 6) is -0.120. The van der Waals surface area contributed by atoms with Gasteiger partial charge in [0.05, 0.1) is 9.99 Å². The van der Waals surface area contributed by atoms with Crippen LogP contribution in [-0.4, -0.2) is 44.9 Å². The van der Waals surface area contributed by atoms with Crippen LogP contribution < -0.4 is 10.9 Å². The molecule has 1 aromatic carbocycles. The lowest BCUT2D eigenvalue weighted by molar-refractivity contribution is 0.0928. The molecule has 2 aromatic heterocycles. The van der Waals surface area contributed by atoms with Gasteiger partial charge in [-0.3, -0.25) is 18.9 Å². The number of halogens is 1. The van der Waals surface area contributed by atoms with E-state index in [9.17, 15) is 9.59 Å². The number of rotatable bonds is 5. The molecule has 170 valence electrons. The Morgan fingerprint density at radius 3 is 2.66 bits per heavy atom. The maximum absolute atomic E-state index is 13.5. The van der Waals surface area contributed by atoms with Crippen LogP contribution >= 0.6 is 15.9 Å². The Labute approximate surface area is 196 Å². The monoisotopic (exact) mass is 498 g/mol. The number of fused-ring (bicyclic) bond motifs is 3. The fourth-order valence-electron chi connectivity index (χ4n) is 5.68. The van der Waals surface area contributed by atoms with E-state index in [1.54, 1.807) is 6.20 Å². The Balaban J connectivity index is 1.59. The number of para-hydroxylation sites is 1. The predicted octanol–water partition coefficient (Wildman–Crippen LogP) is 4.73. The smallest absolute Gasteiger partial charge is 0.276 e. The summed E-state index contributed by atoms with van der Waals surface area (Å²) in [6.45, 7) is 6.14. The maximum Gasteiger partial charge on any atom is 0.276 e. The van der Waals surface area contributed by atoms with E-state index in [2.05, 4.69) is 40.0 Å². The minimum Gasteiger partial charge on any atom is -0.349 e. The number of carbonyl (C=O) groups is 1. The van der Waals surface area contributed by atoms with Crippen molar-refractivity contribution in [3.05, 3.63) is 51.0 Å². The molecule has 1 aliphatic heterocycles. The lowest BCUT2D eigenvalue weighted by atomic mass is 10.2. The summed E-state index contributed by atoms with van der Waals surface area (Å²) in [5.41, 5.74) is 1.93. The Kier molecular flexibility index (Phi) is 5.88. The van der Waals surface area contributed by atoms with Crippen molar-refractivity contribution in [2.45, 2.75) is 70.5 Å². The number of nitrogens with zero attached hydrogens (tertiary/aromatic N) is 3. The minimum absolute atomic E-state index is 0.0294. The summed E-state index contributed by atoms with van der Waals surface area (Å²) in [5, 5.41) is 4.15. The van der Waals surface area contributed by atoms with Crippen molar-refractivity contribution in [2.24, 2.45) is 0 Å². The molecule has 1 atom stereocenters. The number of aromatic nitrogens is 2. The van der Waals surface area contributed by atoms with Crippen molar-refractivity contribution in [1.82, 2.24) is 19.2 Å². The normalized spacial score (nSPS) is 20.2. The van der Waals surface area contributed by atoms with E-state index in [4.69, 9.17) is 0 Å². The molecule has 0 radical (unpaired) electrons. The van der Waals surface area contributed by atoms with Crippen molar-refractivity contribution in [1.29, 1.82) is 0 Å². The summed E-state index contributed by atoms with van der Waals surface area (Å²) in [6.07, 6.45) is 8.30. The van der Waals surface area contributed by atoms with Gasteiger partial charge in [0.1, 0.15) is 11.2 Å². The molecule has 32 heavy (non-hydrogen) atoms. The fraction of sp³-hybridized carbons (Fsp3) is 0.520. The van der Waals surface area contributed by atoms with Gasteiger partial charge >= 0.3 is 0 Å². The van der Waals surface area contributed by atoms with Gasteiger partial charge < -0.3 is 9.88 Å². The van der Waals surface area contributed by atoms with Crippen molar-refractivity contribution in [2.75, 3.05) is 13.1 Å². The highest BCUT2D eigenvalue weighted by Gasteiger charge is 2.29.